The highest BCUT2D eigenvalue weighted by Gasteiger charge is 2.17. The molecule has 0 aromatic carbocycles. The number of hydrogen-bond donors (Lipinski definition) is 1. The zero-order valence-electron chi connectivity index (χ0n) is 7.96. The zero-order chi connectivity index (χ0) is 11.7. The second-order valence-electron chi connectivity index (χ2n) is 3.04. The third kappa shape index (κ3) is 2.07. The first-order valence-electron chi connectivity index (χ1n) is 4.28. The maximum atomic E-state index is 10.6. The Kier molecular flexibility index (Phi) is 2.92. The van der Waals surface area contributed by atoms with Crippen molar-refractivity contribution in [1.82, 2.24) is 9.78 Å². The van der Waals surface area contributed by atoms with Gasteiger partial charge in [-0.25, -0.2) is 4.68 Å². The largest absolute Gasteiger partial charge is 0.378 e. The van der Waals surface area contributed by atoms with E-state index in [9.17, 15) is 10.1 Å². The highest BCUT2D eigenvalue weighted by atomic mass is 79.9. The minimum Gasteiger partial charge on any atom is -0.378 e. The number of aromatic nitrogens is 2. The van der Waals surface area contributed by atoms with Gasteiger partial charge in [0.1, 0.15) is 6.20 Å². The van der Waals surface area contributed by atoms with Gasteiger partial charge in [0, 0.05) is 4.88 Å². The summed E-state index contributed by atoms with van der Waals surface area (Å²) < 4.78 is 2.42. The Labute approximate surface area is 103 Å². The van der Waals surface area contributed by atoms with Crippen molar-refractivity contribution in [3.05, 3.63) is 37.1 Å². The number of anilines is 1. The van der Waals surface area contributed by atoms with E-state index in [0.29, 0.717) is 6.54 Å². The summed E-state index contributed by atoms with van der Waals surface area (Å²) in [6, 6.07) is 3.83. The van der Waals surface area contributed by atoms with Crippen molar-refractivity contribution < 1.29 is 4.92 Å². The minimum absolute atomic E-state index is 0.0783. The van der Waals surface area contributed by atoms with Gasteiger partial charge >= 0.3 is 5.69 Å². The molecule has 0 fully saturated rings. The average Bonchev–Trinajstić information content (AvgIpc) is 2.76. The summed E-state index contributed by atoms with van der Waals surface area (Å²) in [6.07, 6.45) is 1.16. The summed E-state index contributed by atoms with van der Waals surface area (Å²) in [4.78, 5) is 11.0. The van der Waals surface area contributed by atoms with Gasteiger partial charge in [-0.2, -0.15) is 5.10 Å². The van der Waals surface area contributed by atoms with Crippen molar-refractivity contribution in [3.8, 4) is 0 Å². The van der Waals surface area contributed by atoms with E-state index in [0.717, 1.165) is 14.9 Å². The second kappa shape index (κ2) is 4.22. The van der Waals surface area contributed by atoms with E-state index in [1.54, 1.807) is 0 Å². The molecule has 6 nitrogen and oxygen atoms in total. The number of rotatable bonds is 3. The van der Waals surface area contributed by atoms with Crippen LogP contribution in [0.4, 0.5) is 11.5 Å². The van der Waals surface area contributed by atoms with Gasteiger partial charge in [0.15, 0.2) is 0 Å². The normalized spacial score (nSPS) is 10.6. The van der Waals surface area contributed by atoms with E-state index in [-0.39, 0.29) is 11.5 Å². The monoisotopic (exact) mass is 302 g/mol. The van der Waals surface area contributed by atoms with Crippen LogP contribution in [0.5, 0.6) is 0 Å². The molecule has 0 aliphatic rings. The van der Waals surface area contributed by atoms with E-state index in [2.05, 4.69) is 21.0 Å². The van der Waals surface area contributed by atoms with Crippen LogP contribution in [0, 0.1) is 10.1 Å². The fourth-order valence-corrected chi connectivity index (χ4v) is 2.70. The number of nitrogens with zero attached hydrogens (tertiary/aromatic N) is 3. The minimum atomic E-state index is -0.539. The third-order valence-corrected chi connectivity index (χ3v) is 3.60. The van der Waals surface area contributed by atoms with Crippen molar-refractivity contribution in [2.24, 2.45) is 0 Å². The summed E-state index contributed by atoms with van der Waals surface area (Å²) in [6.45, 7) is 0.440. The predicted molar refractivity (Wildman–Crippen MR) is 64.4 cm³/mol. The molecule has 0 radical (unpaired) electrons. The van der Waals surface area contributed by atoms with Crippen LogP contribution in [0.1, 0.15) is 4.88 Å². The molecule has 16 heavy (non-hydrogen) atoms. The molecule has 2 aromatic rings. The molecule has 0 aliphatic carbocycles. The maximum Gasteiger partial charge on any atom is 0.330 e. The molecule has 0 amide bonds. The first kappa shape index (κ1) is 11.1. The molecular formula is C8H7BrN4O2S. The van der Waals surface area contributed by atoms with Crippen LogP contribution >= 0.6 is 27.3 Å². The number of hydrogen-bond acceptors (Lipinski definition) is 5. The van der Waals surface area contributed by atoms with Gasteiger partial charge in [0.25, 0.3) is 0 Å². The molecule has 2 heterocycles. The van der Waals surface area contributed by atoms with Gasteiger partial charge in [0.05, 0.1) is 15.3 Å². The highest BCUT2D eigenvalue weighted by Crippen LogP contribution is 2.25. The fraction of sp³-hybridized carbons (Fsp3) is 0.125. The zero-order valence-corrected chi connectivity index (χ0v) is 10.4. The Balaban J connectivity index is 2.25. The molecule has 0 atom stereocenters. The third-order valence-electron chi connectivity index (χ3n) is 1.99. The van der Waals surface area contributed by atoms with Crippen LogP contribution in [0.2, 0.25) is 0 Å². The lowest BCUT2D eigenvalue weighted by Crippen LogP contribution is -2.05. The number of nitrogen functional groups attached to an aromatic ring is 1. The summed E-state index contributed by atoms with van der Waals surface area (Å²) in [7, 11) is 0. The molecule has 84 valence electrons. The standard InChI is InChI=1S/C8H7BrN4O2S/c9-7-2-1-5(16-7)4-12-8(10)6(3-11-12)13(14)15/h1-3H,4,10H2. The quantitative estimate of drug-likeness (QED) is 0.696. The Hall–Kier alpha value is -1.41. The lowest BCUT2D eigenvalue weighted by atomic mass is 10.4. The van der Waals surface area contributed by atoms with Crippen LogP contribution in [0.25, 0.3) is 0 Å². The van der Waals surface area contributed by atoms with Gasteiger partial charge in [0.2, 0.25) is 5.82 Å². The van der Waals surface area contributed by atoms with E-state index in [1.807, 2.05) is 12.1 Å². The van der Waals surface area contributed by atoms with Gasteiger partial charge in [-0.3, -0.25) is 10.1 Å². The van der Waals surface area contributed by atoms with Crippen molar-refractivity contribution in [2.75, 3.05) is 5.73 Å². The number of thiophene rings is 1. The molecule has 2 rings (SSSR count). The van der Waals surface area contributed by atoms with Crippen LogP contribution in [-0.4, -0.2) is 14.7 Å². The number of nitrogens with two attached hydrogens (primary N) is 1. The molecule has 0 saturated heterocycles. The second-order valence-corrected chi connectivity index (χ2v) is 5.58. The fourth-order valence-electron chi connectivity index (χ4n) is 1.24. The van der Waals surface area contributed by atoms with Gasteiger partial charge in [-0.05, 0) is 28.1 Å². The average molecular weight is 303 g/mol. The lowest BCUT2D eigenvalue weighted by molar-refractivity contribution is -0.384. The molecule has 0 bridgehead atoms. The van der Waals surface area contributed by atoms with Crippen LogP contribution in [0.15, 0.2) is 22.1 Å². The van der Waals surface area contributed by atoms with Crippen LogP contribution in [-0.2, 0) is 6.54 Å². The van der Waals surface area contributed by atoms with Gasteiger partial charge in [-0.1, -0.05) is 0 Å². The van der Waals surface area contributed by atoms with Gasteiger partial charge in [-0.15, -0.1) is 11.3 Å². The number of nitro groups is 1. The van der Waals surface area contributed by atoms with Crippen LogP contribution < -0.4 is 5.73 Å². The Morgan fingerprint density at radius 1 is 1.62 bits per heavy atom. The highest BCUT2D eigenvalue weighted by molar-refractivity contribution is 9.11. The molecule has 2 aromatic heterocycles. The van der Waals surface area contributed by atoms with Crippen molar-refractivity contribution in [2.45, 2.75) is 6.54 Å². The van der Waals surface area contributed by atoms with Crippen LogP contribution in [0.3, 0.4) is 0 Å². The first-order chi connectivity index (χ1) is 7.58. The molecule has 0 unspecified atom stereocenters. The molecule has 0 saturated carbocycles. The molecule has 8 heteroatoms. The molecular weight excluding hydrogens is 296 g/mol. The Morgan fingerprint density at radius 2 is 2.38 bits per heavy atom. The Bertz CT molecular complexity index is 536. The topological polar surface area (TPSA) is 87.0 Å². The Morgan fingerprint density at radius 3 is 2.88 bits per heavy atom. The maximum absolute atomic E-state index is 10.6. The molecule has 2 N–H and O–H groups in total. The summed E-state index contributed by atoms with van der Waals surface area (Å²) in [5.74, 6) is 0.0783. The first-order valence-corrected chi connectivity index (χ1v) is 5.89. The predicted octanol–water partition coefficient (Wildman–Crippen LogP) is 2.25. The summed E-state index contributed by atoms with van der Waals surface area (Å²) in [5, 5.41) is 14.4. The molecule has 0 spiro atoms. The van der Waals surface area contributed by atoms with E-state index in [4.69, 9.17) is 5.73 Å². The smallest absolute Gasteiger partial charge is 0.330 e. The lowest BCUT2D eigenvalue weighted by Gasteiger charge is -1.99. The van der Waals surface area contributed by atoms with Crippen molar-refractivity contribution in [3.63, 3.8) is 0 Å². The summed E-state index contributed by atoms with van der Waals surface area (Å²) >= 11 is 4.88. The summed E-state index contributed by atoms with van der Waals surface area (Å²) in [5.41, 5.74) is 5.45. The van der Waals surface area contributed by atoms with Crippen molar-refractivity contribution in [1.29, 1.82) is 0 Å². The molecule has 0 aliphatic heterocycles. The SMILES string of the molecule is Nc1c([N+](=O)[O-])cnn1Cc1ccc(Br)s1. The van der Waals surface area contributed by atoms with E-state index in [1.165, 1.54) is 16.0 Å². The van der Waals surface area contributed by atoms with Gasteiger partial charge < -0.3 is 5.73 Å². The van der Waals surface area contributed by atoms with Crippen molar-refractivity contribution >= 4 is 38.8 Å². The number of halogens is 1. The van der Waals surface area contributed by atoms with E-state index >= 15 is 0 Å². The van der Waals surface area contributed by atoms with E-state index < -0.39 is 4.92 Å².